The summed E-state index contributed by atoms with van der Waals surface area (Å²) in [5.41, 5.74) is 5.23. The van der Waals surface area contributed by atoms with Gasteiger partial charge in [-0.1, -0.05) is 6.08 Å². The van der Waals surface area contributed by atoms with Crippen LogP contribution in [0.2, 0.25) is 0 Å². The number of pyridine rings is 2. The van der Waals surface area contributed by atoms with Crippen molar-refractivity contribution >= 4 is 17.2 Å². The van der Waals surface area contributed by atoms with Crippen molar-refractivity contribution in [2.75, 3.05) is 38.2 Å². The number of carbonyl (C=O) groups is 1. The molecule has 4 heterocycles. The molecule has 1 aliphatic heterocycles. The molecule has 0 aromatic carbocycles. The van der Waals surface area contributed by atoms with Gasteiger partial charge in [0.2, 0.25) is 0 Å². The number of nitrogens with one attached hydrogen (secondary N) is 1. The van der Waals surface area contributed by atoms with Gasteiger partial charge in [0.15, 0.2) is 5.82 Å². The first-order valence-electron chi connectivity index (χ1n) is 13.0. The number of hydrogen-bond acceptors (Lipinski definition) is 7. The molecular weight excluding hydrogens is 468 g/mol. The molecule has 9 heteroatoms. The van der Waals surface area contributed by atoms with Crippen molar-refractivity contribution in [1.29, 1.82) is 0 Å². The minimum atomic E-state index is -0.228. The quantitative estimate of drug-likeness (QED) is 0.517. The highest BCUT2D eigenvalue weighted by atomic mass is 16.5. The first-order valence-corrected chi connectivity index (χ1v) is 13.0. The van der Waals surface area contributed by atoms with E-state index in [1.807, 2.05) is 39.0 Å². The van der Waals surface area contributed by atoms with Gasteiger partial charge in [-0.15, -0.1) is 0 Å². The largest absolute Gasteiger partial charge is 0.492 e. The number of anilines is 1. The third-order valence-electron chi connectivity index (χ3n) is 7.09. The molecule has 5 rings (SSSR count). The Morgan fingerprint density at radius 2 is 2.00 bits per heavy atom. The summed E-state index contributed by atoms with van der Waals surface area (Å²) in [7, 11) is 0. The summed E-state index contributed by atoms with van der Waals surface area (Å²) in [6, 6.07) is 6.24. The highest BCUT2D eigenvalue weighted by Crippen LogP contribution is 2.31. The fourth-order valence-corrected chi connectivity index (χ4v) is 5.10. The number of ether oxygens (including phenoxy) is 2. The van der Waals surface area contributed by atoms with Crippen LogP contribution in [0.1, 0.15) is 53.5 Å². The Balaban J connectivity index is 1.24. The number of hydrogen-bond donors (Lipinski definition) is 1. The van der Waals surface area contributed by atoms with E-state index in [4.69, 9.17) is 14.5 Å². The SMILES string of the molecule is CCOc1ccc(-n2ncc(C(=O)Nc3cnc(C4=CCC(N5CCOCC5)CC4)c(C)c3)c2C)nc1. The fourth-order valence-electron chi connectivity index (χ4n) is 5.10. The maximum atomic E-state index is 13.0. The zero-order valence-corrected chi connectivity index (χ0v) is 21.7. The van der Waals surface area contributed by atoms with E-state index in [2.05, 4.69) is 26.4 Å². The number of allylic oxidation sites excluding steroid dienone is 1. The first-order chi connectivity index (χ1) is 18.0. The van der Waals surface area contributed by atoms with Crippen LogP contribution in [0.3, 0.4) is 0 Å². The van der Waals surface area contributed by atoms with E-state index in [1.54, 1.807) is 23.3 Å². The fraction of sp³-hybridized carbons (Fsp3) is 0.429. The Bertz CT molecular complexity index is 1280. The van der Waals surface area contributed by atoms with Crippen LogP contribution in [0.4, 0.5) is 5.69 Å². The number of rotatable bonds is 7. The molecule has 1 unspecified atom stereocenters. The zero-order valence-electron chi connectivity index (χ0n) is 21.7. The van der Waals surface area contributed by atoms with Gasteiger partial charge in [0.05, 0.1) is 61.0 Å². The van der Waals surface area contributed by atoms with Crippen molar-refractivity contribution in [3.63, 3.8) is 0 Å². The van der Waals surface area contributed by atoms with Gasteiger partial charge in [-0.05, 0) is 69.4 Å². The number of aryl methyl sites for hydroxylation is 1. The standard InChI is InChI=1S/C28H34N6O3/c1-4-37-24-9-10-26(29-17-24)34-20(3)25(18-31-34)28(35)32-22-15-19(2)27(30-16-22)21-5-7-23(8-6-21)33-11-13-36-14-12-33/h5,9-10,15-18,23H,4,6-8,11-14H2,1-3H3,(H,32,35). The molecule has 1 amide bonds. The summed E-state index contributed by atoms with van der Waals surface area (Å²) in [4.78, 5) is 24.7. The lowest BCUT2D eigenvalue weighted by Crippen LogP contribution is -2.43. The highest BCUT2D eigenvalue weighted by molar-refractivity contribution is 6.05. The molecule has 1 saturated heterocycles. The second kappa shape index (κ2) is 11.2. The Morgan fingerprint density at radius 3 is 2.68 bits per heavy atom. The summed E-state index contributed by atoms with van der Waals surface area (Å²) in [6.45, 7) is 10.1. The van der Waals surface area contributed by atoms with Crippen molar-refractivity contribution < 1.29 is 14.3 Å². The van der Waals surface area contributed by atoms with Crippen molar-refractivity contribution in [1.82, 2.24) is 24.6 Å². The average Bonchev–Trinajstić information content (AvgIpc) is 3.31. The number of aromatic nitrogens is 4. The molecule has 9 nitrogen and oxygen atoms in total. The molecule has 1 fully saturated rings. The molecule has 1 atom stereocenters. The number of nitrogens with zero attached hydrogens (tertiary/aromatic N) is 5. The third kappa shape index (κ3) is 5.57. The molecule has 1 N–H and O–H groups in total. The van der Waals surface area contributed by atoms with Crippen molar-refractivity contribution in [3.05, 3.63) is 65.4 Å². The second-order valence-electron chi connectivity index (χ2n) is 9.49. The predicted octanol–water partition coefficient (Wildman–Crippen LogP) is 4.20. The van der Waals surface area contributed by atoms with E-state index in [1.165, 1.54) is 5.57 Å². The Morgan fingerprint density at radius 1 is 1.16 bits per heavy atom. The lowest BCUT2D eigenvalue weighted by Gasteiger charge is -2.36. The van der Waals surface area contributed by atoms with Crippen LogP contribution in [-0.4, -0.2) is 69.5 Å². The molecule has 1 aliphatic carbocycles. The molecule has 0 radical (unpaired) electrons. The summed E-state index contributed by atoms with van der Waals surface area (Å²) in [5, 5.41) is 7.35. The molecule has 3 aromatic rings. The third-order valence-corrected chi connectivity index (χ3v) is 7.09. The summed E-state index contributed by atoms with van der Waals surface area (Å²) in [6.07, 6.45) is 10.5. The lowest BCUT2D eigenvalue weighted by atomic mass is 9.90. The highest BCUT2D eigenvalue weighted by Gasteiger charge is 2.24. The van der Waals surface area contributed by atoms with E-state index >= 15 is 0 Å². The van der Waals surface area contributed by atoms with Crippen molar-refractivity contribution in [3.8, 4) is 11.6 Å². The summed E-state index contributed by atoms with van der Waals surface area (Å²) >= 11 is 0. The van der Waals surface area contributed by atoms with E-state index in [9.17, 15) is 4.79 Å². The van der Waals surface area contributed by atoms with Crippen LogP contribution in [0.15, 0.2) is 42.9 Å². The number of morpholine rings is 1. The van der Waals surface area contributed by atoms with E-state index in [-0.39, 0.29) is 5.91 Å². The number of carbonyl (C=O) groups excluding carboxylic acids is 1. The Labute approximate surface area is 217 Å². The smallest absolute Gasteiger partial charge is 0.259 e. The van der Waals surface area contributed by atoms with Crippen LogP contribution in [0.25, 0.3) is 11.4 Å². The Kier molecular flexibility index (Phi) is 7.62. The lowest BCUT2D eigenvalue weighted by molar-refractivity contribution is 0.0150. The molecule has 0 bridgehead atoms. The topological polar surface area (TPSA) is 94.4 Å². The summed E-state index contributed by atoms with van der Waals surface area (Å²) < 4.78 is 12.6. The first kappa shape index (κ1) is 25.1. The summed E-state index contributed by atoms with van der Waals surface area (Å²) in [5.74, 6) is 1.09. The van der Waals surface area contributed by atoms with Gasteiger partial charge in [-0.25, -0.2) is 9.67 Å². The van der Waals surface area contributed by atoms with Crippen LogP contribution in [0, 0.1) is 13.8 Å². The van der Waals surface area contributed by atoms with Gasteiger partial charge in [-0.2, -0.15) is 5.10 Å². The zero-order chi connectivity index (χ0) is 25.8. The van der Waals surface area contributed by atoms with Gasteiger partial charge < -0.3 is 14.8 Å². The van der Waals surface area contributed by atoms with E-state index in [0.29, 0.717) is 41.2 Å². The van der Waals surface area contributed by atoms with Crippen LogP contribution in [0.5, 0.6) is 5.75 Å². The van der Waals surface area contributed by atoms with Gasteiger partial charge in [-0.3, -0.25) is 14.7 Å². The van der Waals surface area contributed by atoms with Crippen LogP contribution < -0.4 is 10.1 Å². The van der Waals surface area contributed by atoms with Crippen LogP contribution in [-0.2, 0) is 4.74 Å². The normalized spacial score (nSPS) is 18.4. The molecule has 37 heavy (non-hydrogen) atoms. The number of amides is 1. The van der Waals surface area contributed by atoms with Crippen molar-refractivity contribution in [2.24, 2.45) is 0 Å². The van der Waals surface area contributed by atoms with Gasteiger partial charge >= 0.3 is 0 Å². The van der Waals surface area contributed by atoms with Crippen molar-refractivity contribution in [2.45, 2.75) is 46.1 Å². The molecule has 3 aromatic heterocycles. The average molecular weight is 503 g/mol. The minimum Gasteiger partial charge on any atom is -0.492 e. The Hall–Kier alpha value is -3.56. The van der Waals surface area contributed by atoms with Crippen LogP contribution >= 0.6 is 0 Å². The maximum Gasteiger partial charge on any atom is 0.259 e. The monoisotopic (exact) mass is 502 g/mol. The maximum absolute atomic E-state index is 13.0. The molecular formula is C28H34N6O3. The van der Waals surface area contributed by atoms with Gasteiger partial charge in [0.25, 0.3) is 5.91 Å². The van der Waals surface area contributed by atoms with E-state index < -0.39 is 0 Å². The van der Waals surface area contributed by atoms with Gasteiger partial charge in [0, 0.05) is 19.1 Å². The molecule has 2 aliphatic rings. The van der Waals surface area contributed by atoms with E-state index in [0.717, 1.165) is 56.8 Å². The second-order valence-corrected chi connectivity index (χ2v) is 9.49. The minimum absolute atomic E-state index is 0.228. The molecule has 0 spiro atoms. The molecule has 0 saturated carbocycles. The molecule has 194 valence electrons. The van der Waals surface area contributed by atoms with Gasteiger partial charge in [0.1, 0.15) is 5.75 Å². The predicted molar refractivity (Wildman–Crippen MR) is 142 cm³/mol.